The number of hydrogen-bond acceptors (Lipinski definition) is 4. The topological polar surface area (TPSA) is 79.9 Å². The number of halogens is 1. The summed E-state index contributed by atoms with van der Waals surface area (Å²) >= 11 is 0. The maximum absolute atomic E-state index is 14.0. The van der Waals surface area contributed by atoms with Gasteiger partial charge in [0.25, 0.3) is 5.91 Å². The molecule has 6 nitrogen and oxygen atoms in total. The first kappa shape index (κ1) is 23.5. The summed E-state index contributed by atoms with van der Waals surface area (Å²) in [6, 6.07) is 25.2. The fourth-order valence-electron chi connectivity index (χ4n) is 3.50. The smallest absolute Gasteiger partial charge is 0.261 e. The van der Waals surface area contributed by atoms with Crippen LogP contribution >= 0.6 is 0 Å². The number of para-hydroxylation sites is 1. The molecule has 1 heterocycles. The maximum Gasteiger partial charge on any atom is 0.261 e. The second-order valence-corrected chi connectivity index (χ2v) is 7.65. The number of aromatic nitrogens is 2. The van der Waals surface area contributed by atoms with Crippen LogP contribution in [0.3, 0.4) is 0 Å². The van der Waals surface area contributed by atoms with Gasteiger partial charge in [0.15, 0.2) is 0 Å². The average Bonchev–Trinajstić information content (AvgIpc) is 3.31. The van der Waals surface area contributed by atoms with Crippen molar-refractivity contribution in [3.63, 3.8) is 0 Å². The van der Waals surface area contributed by atoms with Crippen molar-refractivity contribution in [1.29, 1.82) is 5.26 Å². The maximum atomic E-state index is 14.0. The first-order valence-corrected chi connectivity index (χ1v) is 11.1. The Morgan fingerprint density at radius 1 is 1.11 bits per heavy atom. The van der Waals surface area contributed by atoms with Crippen LogP contribution in [0, 0.1) is 17.1 Å². The van der Waals surface area contributed by atoms with Gasteiger partial charge in [-0.3, -0.25) is 4.79 Å². The Bertz CT molecular complexity index is 1400. The van der Waals surface area contributed by atoms with E-state index in [4.69, 9.17) is 9.84 Å². The number of amides is 1. The summed E-state index contributed by atoms with van der Waals surface area (Å²) in [6.45, 7) is 2.28. The van der Waals surface area contributed by atoms with Gasteiger partial charge in [-0.05, 0) is 43.3 Å². The zero-order valence-electron chi connectivity index (χ0n) is 19.1. The number of hydrogen-bond donors (Lipinski definition) is 1. The van der Waals surface area contributed by atoms with E-state index in [2.05, 4.69) is 5.32 Å². The van der Waals surface area contributed by atoms with Crippen LogP contribution in [-0.2, 0) is 11.4 Å². The van der Waals surface area contributed by atoms with Crippen molar-refractivity contribution in [2.45, 2.75) is 13.5 Å². The molecular formula is C28H23FN4O2. The zero-order valence-corrected chi connectivity index (χ0v) is 19.1. The predicted molar refractivity (Wildman–Crippen MR) is 132 cm³/mol. The minimum Gasteiger partial charge on any atom is -0.489 e. The van der Waals surface area contributed by atoms with Crippen LogP contribution in [0.2, 0.25) is 0 Å². The van der Waals surface area contributed by atoms with E-state index >= 15 is 0 Å². The lowest BCUT2D eigenvalue weighted by atomic mass is 10.1. The Hall–Kier alpha value is -4.70. The van der Waals surface area contributed by atoms with E-state index < -0.39 is 5.91 Å². The van der Waals surface area contributed by atoms with Crippen molar-refractivity contribution in [2.24, 2.45) is 0 Å². The van der Waals surface area contributed by atoms with Crippen LogP contribution in [0.4, 0.5) is 4.39 Å². The molecule has 0 atom stereocenters. The van der Waals surface area contributed by atoms with E-state index in [1.54, 1.807) is 48.1 Å². The summed E-state index contributed by atoms with van der Waals surface area (Å²) in [5, 5.41) is 16.9. The molecule has 0 spiro atoms. The first-order valence-electron chi connectivity index (χ1n) is 11.1. The largest absolute Gasteiger partial charge is 0.489 e. The average molecular weight is 467 g/mol. The van der Waals surface area contributed by atoms with Gasteiger partial charge in [-0.15, -0.1) is 0 Å². The standard InChI is InChI=1S/C28H23FN4O2/c1-2-31-28(34)22(17-30)15-23-18-33(24-11-4-3-5-12-24)32-27(23)20-10-8-13-25(16-20)35-19-21-9-6-7-14-26(21)29/h3-16,18H,2,19H2,1H3,(H,31,34). The highest BCUT2D eigenvalue weighted by Gasteiger charge is 2.15. The van der Waals surface area contributed by atoms with E-state index in [1.807, 2.05) is 48.5 Å². The van der Waals surface area contributed by atoms with Crippen LogP contribution in [0.25, 0.3) is 23.0 Å². The fraction of sp³-hybridized carbons (Fsp3) is 0.107. The Morgan fingerprint density at radius 3 is 2.63 bits per heavy atom. The van der Waals surface area contributed by atoms with Crippen molar-refractivity contribution < 1.29 is 13.9 Å². The van der Waals surface area contributed by atoms with Crippen molar-refractivity contribution in [3.8, 4) is 28.8 Å². The normalized spacial score (nSPS) is 11.1. The van der Waals surface area contributed by atoms with Gasteiger partial charge in [0.05, 0.1) is 5.69 Å². The number of likely N-dealkylation sites (N-methyl/N-ethyl adjacent to an activating group) is 1. The summed E-state index contributed by atoms with van der Waals surface area (Å²) in [6.07, 6.45) is 3.30. The van der Waals surface area contributed by atoms with Crippen LogP contribution < -0.4 is 10.1 Å². The highest BCUT2D eigenvalue weighted by molar-refractivity contribution is 6.02. The molecular weight excluding hydrogens is 443 g/mol. The van der Waals surface area contributed by atoms with E-state index in [0.717, 1.165) is 11.3 Å². The first-order chi connectivity index (χ1) is 17.1. The van der Waals surface area contributed by atoms with Gasteiger partial charge >= 0.3 is 0 Å². The molecule has 0 aliphatic heterocycles. The SMILES string of the molecule is CCNC(=O)C(C#N)=Cc1cn(-c2ccccc2)nc1-c1cccc(OCc2ccccc2F)c1. The number of carbonyl (C=O) groups is 1. The molecule has 0 aliphatic carbocycles. The van der Waals surface area contributed by atoms with E-state index in [1.165, 1.54) is 12.1 Å². The Kier molecular flexibility index (Phi) is 7.34. The molecule has 35 heavy (non-hydrogen) atoms. The molecule has 7 heteroatoms. The second kappa shape index (κ2) is 10.9. The number of ether oxygens (including phenoxy) is 1. The number of nitrogens with one attached hydrogen (secondary N) is 1. The second-order valence-electron chi connectivity index (χ2n) is 7.65. The van der Waals surface area contributed by atoms with Gasteiger partial charge in [0, 0.05) is 29.4 Å². The molecule has 1 N–H and O–H groups in total. The molecule has 3 aromatic carbocycles. The quantitative estimate of drug-likeness (QED) is 0.282. The summed E-state index contributed by atoms with van der Waals surface area (Å²) in [5.41, 5.74) is 3.16. The number of benzene rings is 3. The molecule has 0 saturated heterocycles. The van der Waals surface area contributed by atoms with Crippen LogP contribution in [0.1, 0.15) is 18.1 Å². The minimum atomic E-state index is -0.449. The summed E-state index contributed by atoms with van der Waals surface area (Å²) in [7, 11) is 0. The lowest BCUT2D eigenvalue weighted by Gasteiger charge is -2.09. The van der Waals surface area contributed by atoms with Gasteiger partial charge in [0.2, 0.25) is 0 Å². The van der Waals surface area contributed by atoms with Gasteiger partial charge in [0.1, 0.15) is 35.5 Å². The zero-order chi connectivity index (χ0) is 24.6. The van der Waals surface area contributed by atoms with Crippen molar-refractivity contribution >= 4 is 12.0 Å². The molecule has 174 valence electrons. The van der Waals surface area contributed by atoms with Gasteiger partial charge < -0.3 is 10.1 Å². The third-order valence-corrected chi connectivity index (χ3v) is 5.23. The third-order valence-electron chi connectivity index (χ3n) is 5.23. The molecule has 0 unspecified atom stereocenters. The molecule has 0 saturated carbocycles. The summed E-state index contributed by atoms with van der Waals surface area (Å²) in [5.74, 6) is -0.235. The van der Waals surface area contributed by atoms with Gasteiger partial charge in [-0.1, -0.05) is 48.5 Å². The number of nitrogens with zero attached hydrogens (tertiary/aromatic N) is 3. The number of rotatable bonds is 8. The number of carbonyl (C=O) groups excluding carboxylic acids is 1. The van der Waals surface area contributed by atoms with Gasteiger partial charge in [-0.25, -0.2) is 9.07 Å². The molecule has 0 bridgehead atoms. The highest BCUT2D eigenvalue weighted by atomic mass is 19.1. The lowest BCUT2D eigenvalue weighted by Crippen LogP contribution is -2.23. The fourth-order valence-corrected chi connectivity index (χ4v) is 3.50. The van der Waals surface area contributed by atoms with Crippen molar-refractivity contribution in [1.82, 2.24) is 15.1 Å². The molecule has 0 radical (unpaired) electrons. The monoisotopic (exact) mass is 466 g/mol. The van der Waals surface area contributed by atoms with Crippen LogP contribution in [-0.4, -0.2) is 22.2 Å². The molecule has 0 fully saturated rings. The lowest BCUT2D eigenvalue weighted by molar-refractivity contribution is -0.116. The Labute approximate surface area is 202 Å². The van der Waals surface area contributed by atoms with Crippen LogP contribution in [0.15, 0.2) is 90.6 Å². The van der Waals surface area contributed by atoms with E-state index in [-0.39, 0.29) is 18.0 Å². The molecule has 0 aliphatic rings. The molecule has 4 rings (SSSR count). The summed E-state index contributed by atoms with van der Waals surface area (Å²) in [4.78, 5) is 12.3. The van der Waals surface area contributed by atoms with E-state index in [0.29, 0.717) is 29.1 Å². The predicted octanol–water partition coefficient (Wildman–Crippen LogP) is 5.30. The van der Waals surface area contributed by atoms with E-state index in [9.17, 15) is 14.4 Å². The van der Waals surface area contributed by atoms with Crippen molar-refractivity contribution in [2.75, 3.05) is 6.54 Å². The highest BCUT2D eigenvalue weighted by Crippen LogP contribution is 2.29. The van der Waals surface area contributed by atoms with Gasteiger partial charge in [-0.2, -0.15) is 10.4 Å². The number of nitriles is 1. The van der Waals surface area contributed by atoms with Crippen molar-refractivity contribution in [3.05, 3.63) is 108 Å². The molecule has 4 aromatic rings. The molecule has 1 aromatic heterocycles. The minimum absolute atomic E-state index is 0.0207. The van der Waals surface area contributed by atoms with Crippen LogP contribution in [0.5, 0.6) is 5.75 Å². The molecule has 1 amide bonds. The third kappa shape index (κ3) is 5.63. The Morgan fingerprint density at radius 2 is 1.89 bits per heavy atom. The Balaban J connectivity index is 1.72. The summed E-state index contributed by atoms with van der Waals surface area (Å²) < 4.78 is 21.5.